The van der Waals surface area contributed by atoms with Crippen LogP contribution in [0.3, 0.4) is 0 Å². The highest BCUT2D eigenvalue weighted by molar-refractivity contribution is 7.09. The maximum Gasteiger partial charge on any atom is 0.161 e. The molecule has 0 aliphatic heterocycles. The Morgan fingerprint density at radius 1 is 1.38 bits per heavy atom. The summed E-state index contributed by atoms with van der Waals surface area (Å²) in [5.41, 5.74) is 2.08. The van der Waals surface area contributed by atoms with Crippen molar-refractivity contribution in [3.8, 4) is 6.07 Å². The normalized spacial score (nSPS) is 10.4. The van der Waals surface area contributed by atoms with Gasteiger partial charge in [0, 0.05) is 22.2 Å². The van der Waals surface area contributed by atoms with Crippen molar-refractivity contribution >= 4 is 22.8 Å². The quantitative estimate of drug-likeness (QED) is 0.776. The zero-order valence-electron chi connectivity index (χ0n) is 12.5. The van der Waals surface area contributed by atoms with E-state index >= 15 is 0 Å². The number of Topliss-reactive ketones (excluding diaryl/α,β-unsaturated/α-hetero) is 1. The molecule has 3 nitrogen and oxygen atoms in total. The van der Waals surface area contributed by atoms with Gasteiger partial charge in [0.15, 0.2) is 5.78 Å². The van der Waals surface area contributed by atoms with Crippen molar-refractivity contribution in [1.82, 2.24) is 0 Å². The first kappa shape index (κ1) is 15.3. The molecule has 1 heterocycles. The van der Waals surface area contributed by atoms with Crippen LogP contribution >= 0.6 is 11.3 Å². The number of carbonyl (C=O) groups excluding carboxylic acids is 1. The molecule has 1 aromatic heterocycles. The summed E-state index contributed by atoms with van der Waals surface area (Å²) in [6.45, 7) is 6.49. The second-order valence-electron chi connectivity index (χ2n) is 5.20. The summed E-state index contributed by atoms with van der Waals surface area (Å²) in [6.07, 6.45) is 0. The lowest BCUT2D eigenvalue weighted by molar-refractivity contribution is 0.101. The molecular weight excluding hydrogens is 280 g/mol. The van der Waals surface area contributed by atoms with Crippen LogP contribution < -0.4 is 4.90 Å². The van der Waals surface area contributed by atoms with Crippen molar-refractivity contribution in [1.29, 1.82) is 5.26 Å². The SMILES string of the molecule is CC(=O)c1ccc(C#N)cc1N(Cc1cccs1)C(C)C. The molecule has 0 radical (unpaired) electrons. The molecule has 0 saturated carbocycles. The minimum atomic E-state index is 0.0197. The molecular formula is C17H18N2OS. The van der Waals surface area contributed by atoms with E-state index in [0.29, 0.717) is 11.1 Å². The van der Waals surface area contributed by atoms with Gasteiger partial charge in [-0.1, -0.05) is 6.07 Å². The molecule has 0 N–H and O–H groups in total. The minimum absolute atomic E-state index is 0.0197. The third-order valence-electron chi connectivity index (χ3n) is 3.35. The fourth-order valence-corrected chi connectivity index (χ4v) is 2.96. The summed E-state index contributed by atoms with van der Waals surface area (Å²) in [5, 5.41) is 11.2. The van der Waals surface area contributed by atoms with Crippen LogP contribution in [0.15, 0.2) is 35.7 Å². The maximum atomic E-state index is 11.9. The Morgan fingerprint density at radius 2 is 2.14 bits per heavy atom. The number of anilines is 1. The van der Waals surface area contributed by atoms with Gasteiger partial charge in [0.1, 0.15) is 0 Å². The Morgan fingerprint density at radius 3 is 2.67 bits per heavy atom. The largest absolute Gasteiger partial charge is 0.363 e. The lowest BCUT2D eigenvalue weighted by Gasteiger charge is -2.30. The number of rotatable bonds is 5. The summed E-state index contributed by atoms with van der Waals surface area (Å²) >= 11 is 1.70. The van der Waals surface area contributed by atoms with Gasteiger partial charge in [-0.15, -0.1) is 11.3 Å². The molecule has 21 heavy (non-hydrogen) atoms. The average molecular weight is 298 g/mol. The van der Waals surface area contributed by atoms with Crippen LogP contribution in [0, 0.1) is 11.3 Å². The second kappa shape index (κ2) is 6.55. The van der Waals surface area contributed by atoms with E-state index in [0.717, 1.165) is 12.2 Å². The maximum absolute atomic E-state index is 11.9. The van der Waals surface area contributed by atoms with E-state index in [9.17, 15) is 4.79 Å². The predicted octanol–water partition coefficient (Wildman–Crippen LogP) is 4.24. The third-order valence-corrected chi connectivity index (χ3v) is 4.21. The summed E-state index contributed by atoms with van der Waals surface area (Å²) in [7, 11) is 0. The van der Waals surface area contributed by atoms with Gasteiger partial charge in [-0.2, -0.15) is 5.26 Å². The summed E-state index contributed by atoms with van der Waals surface area (Å²) in [5.74, 6) is 0.0197. The molecule has 2 rings (SSSR count). The molecule has 0 atom stereocenters. The summed E-state index contributed by atoms with van der Waals surface area (Å²) in [4.78, 5) is 15.3. The van der Waals surface area contributed by atoms with Crippen LogP contribution in [-0.4, -0.2) is 11.8 Å². The minimum Gasteiger partial charge on any atom is -0.363 e. The number of carbonyl (C=O) groups is 1. The van der Waals surface area contributed by atoms with E-state index in [1.807, 2.05) is 17.5 Å². The molecule has 108 valence electrons. The van der Waals surface area contributed by atoms with Crippen LogP contribution in [0.2, 0.25) is 0 Å². The standard InChI is InChI=1S/C17H18N2OS/c1-12(2)19(11-15-5-4-8-21-15)17-9-14(10-18)6-7-16(17)13(3)20/h4-9,12H,11H2,1-3H3. The number of nitrogens with zero attached hydrogens (tertiary/aromatic N) is 2. The smallest absolute Gasteiger partial charge is 0.161 e. The molecule has 4 heteroatoms. The van der Waals surface area contributed by atoms with E-state index in [4.69, 9.17) is 5.26 Å². The van der Waals surface area contributed by atoms with E-state index in [1.54, 1.807) is 30.4 Å². The van der Waals surface area contributed by atoms with E-state index in [2.05, 4.69) is 30.9 Å². The molecule has 0 amide bonds. The van der Waals surface area contributed by atoms with E-state index in [-0.39, 0.29) is 11.8 Å². The van der Waals surface area contributed by atoms with Crippen LogP contribution in [0.1, 0.15) is 41.6 Å². The van der Waals surface area contributed by atoms with Crippen LogP contribution in [0.25, 0.3) is 0 Å². The molecule has 0 saturated heterocycles. The van der Waals surface area contributed by atoms with E-state index < -0.39 is 0 Å². The Balaban J connectivity index is 2.48. The van der Waals surface area contributed by atoms with Gasteiger partial charge >= 0.3 is 0 Å². The van der Waals surface area contributed by atoms with Gasteiger partial charge in [0.25, 0.3) is 0 Å². The molecule has 0 bridgehead atoms. The van der Waals surface area contributed by atoms with Gasteiger partial charge in [-0.3, -0.25) is 4.79 Å². The molecule has 0 spiro atoms. The summed E-state index contributed by atoms with van der Waals surface area (Å²) in [6, 6.07) is 11.8. The molecule has 0 aliphatic rings. The molecule has 1 aromatic carbocycles. The zero-order valence-corrected chi connectivity index (χ0v) is 13.3. The van der Waals surface area contributed by atoms with Crippen molar-refractivity contribution in [2.45, 2.75) is 33.4 Å². The van der Waals surface area contributed by atoms with Crippen LogP contribution in [0.4, 0.5) is 5.69 Å². The number of hydrogen-bond acceptors (Lipinski definition) is 4. The van der Waals surface area contributed by atoms with Gasteiger partial charge < -0.3 is 4.90 Å². The highest BCUT2D eigenvalue weighted by atomic mass is 32.1. The number of ketones is 1. The highest BCUT2D eigenvalue weighted by Crippen LogP contribution is 2.27. The van der Waals surface area contributed by atoms with Crippen molar-refractivity contribution in [2.75, 3.05) is 4.90 Å². The molecule has 0 aliphatic carbocycles. The van der Waals surface area contributed by atoms with Gasteiger partial charge in [-0.05, 0) is 50.4 Å². The molecule has 2 aromatic rings. The topological polar surface area (TPSA) is 44.1 Å². The lowest BCUT2D eigenvalue weighted by Crippen LogP contribution is -2.31. The van der Waals surface area contributed by atoms with Crippen molar-refractivity contribution in [3.05, 3.63) is 51.7 Å². The van der Waals surface area contributed by atoms with Crippen LogP contribution in [-0.2, 0) is 6.54 Å². The van der Waals surface area contributed by atoms with Gasteiger partial charge in [0.2, 0.25) is 0 Å². The first-order valence-corrected chi connectivity index (χ1v) is 7.75. The first-order chi connectivity index (χ1) is 10.0. The van der Waals surface area contributed by atoms with Crippen molar-refractivity contribution in [2.24, 2.45) is 0 Å². The fraction of sp³-hybridized carbons (Fsp3) is 0.294. The van der Waals surface area contributed by atoms with Crippen LogP contribution in [0.5, 0.6) is 0 Å². The molecule has 0 fully saturated rings. The number of nitriles is 1. The Kier molecular flexibility index (Phi) is 4.77. The molecule has 0 unspecified atom stereocenters. The second-order valence-corrected chi connectivity index (χ2v) is 6.23. The third kappa shape index (κ3) is 3.50. The number of hydrogen-bond donors (Lipinski definition) is 0. The fourth-order valence-electron chi connectivity index (χ4n) is 2.25. The Labute approximate surface area is 129 Å². The Bertz CT molecular complexity index is 669. The van der Waals surface area contributed by atoms with Gasteiger partial charge in [0.05, 0.1) is 18.2 Å². The average Bonchev–Trinajstić information content (AvgIpc) is 2.96. The lowest BCUT2D eigenvalue weighted by atomic mass is 10.0. The zero-order chi connectivity index (χ0) is 15.4. The van der Waals surface area contributed by atoms with Gasteiger partial charge in [-0.25, -0.2) is 0 Å². The monoisotopic (exact) mass is 298 g/mol. The Hall–Kier alpha value is -2.12. The number of benzene rings is 1. The predicted molar refractivity (Wildman–Crippen MR) is 86.8 cm³/mol. The van der Waals surface area contributed by atoms with E-state index in [1.165, 1.54) is 4.88 Å². The first-order valence-electron chi connectivity index (χ1n) is 6.87. The van der Waals surface area contributed by atoms with Crippen molar-refractivity contribution in [3.63, 3.8) is 0 Å². The van der Waals surface area contributed by atoms with Crippen molar-refractivity contribution < 1.29 is 4.79 Å². The number of thiophene rings is 1. The summed E-state index contributed by atoms with van der Waals surface area (Å²) < 4.78 is 0. The highest BCUT2D eigenvalue weighted by Gasteiger charge is 2.18.